The van der Waals surface area contributed by atoms with Gasteiger partial charge in [-0.1, -0.05) is 53.7 Å². The fourth-order valence-electron chi connectivity index (χ4n) is 5.01. The monoisotopic (exact) mass is 480 g/mol. The summed E-state index contributed by atoms with van der Waals surface area (Å²) < 4.78 is 5.63. The maximum Gasteiger partial charge on any atom is 0.259 e. The Balaban J connectivity index is 1.24. The van der Waals surface area contributed by atoms with Gasteiger partial charge in [0, 0.05) is 41.9 Å². The average molecular weight is 481 g/mol. The molecule has 1 N–H and O–H groups in total. The number of amides is 2. The third-order valence-electron chi connectivity index (χ3n) is 7.25. The normalized spacial score (nSPS) is 16.3. The molecule has 36 heavy (non-hydrogen) atoms. The topological polar surface area (TPSA) is 88.3 Å². The molecule has 2 aromatic heterocycles. The van der Waals surface area contributed by atoms with Crippen molar-refractivity contribution in [3.8, 4) is 11.3 Å². The van der Waals surface area contributed by atoms with Crippen LogP contribution >= 0.6 is 0 Å². The first-order valence-electron chi connectivity index (χ1n) is 12.6. The summed E-state index contributed by atoms with van der Waals surface area (Å²) in [7, 11) is 0. The molecule has 1 aliphatic carbocycles. The molecule has 2 fully saturated rings. The van der Waals surface area contributed by atoms with Crippen LogP contribution in [0.5, 0.6) is 0 Å². The minimum Gasteiger partial charge on any atom is -0.349 e. The standard InChI is InChI=1S/C29H28N4O3/c1-18-7-5-6-10-22(18)27(34)30-21-13-15-33(16-14-21)29(35)23-17-24(19-11-12-19)31-28-25(23)26(32-36-28)20-8-3-2-4-9-20/h2-10,17,19,21H,11-16H2,1H3,(H,30,34). The molecular formula is C29H28N4O3. The molecule has 4 aromatic rings. The van der Waals surface area contributed by atoms with Crippen LogP contribution in [0.4, 0.5) is 0 Å². The number of likely N-dealkylation sites (tertiary alicyclic amines) is 1. The zero-order valence-electron chi connectivity index (χ0n) is 20.2. The summed E-state index contributed by atoms with van der Waals surface area (Å²) in [5.41, 5.74) is 5.11. The highest BCUT2D eigenvalue weighted by Crippen LogP contribution is 2.41. The van der Waals surface area contributed by atoms with Crippen LogP contribution in [0.15, 0.2) is 65.2 Å². The van der Waals surface area contributed by atoms with Crippen molar-refractivity contribution in [3.63, 3.8) is 0 Å². The number of carbonyl (C=O) groups is 2. The number of aryl methyl sites for hydroxylation is 1. The molecule has 2 aromatic carbocycles. The highest BCUT2D eigenvalue weighted by molar-refractivity contribution is 6.09. The van der Waals surface area contributed by atoms with Gasteiger partial charge in [-0.15, -0.1) is 0 Å². The van der Waals surface area contributed by atoms with Crippen LogP contribution in [0.2, 0.25) is 0 Å². The van der Waals surface area contributed by atoms with Crippen LogP contribution in [0.1, 0.15) is 63.6 Å². The fraction of sp³-hybridized carbons (Fsp3) is 0.310. The Labute approximate surface area is 209 Å². The van der Waals surface area contributed by atoms with Gasteiger partial charge >= 0.3 is 0 Å². The van der Waals surface area contributed by atoms with E-state index in [1.54, 1.807) is 0 Å². The predicted molar refractivity (Wildman–Crippen MR) is 137 cm³/mol. The minimum atomic E-state index is -0.0558. The molecule has 6 rings (SSSR count). The molecule has 7 nitrogen and oxygen atoms in total. The molecule has 182 valence electrons. The molecular weight excluding hydrogens is 452 g/mol. The average Bonchev–Trinajstić information content (AvgIpc) is 3.68. The van der Waals surface area contributed by atoms with Gasteiger partial charge in [0.15, 0.2) is 0 Å². The van der Waals surface area contributed by atoms with Crippen LogP contribution in [0.25, 0.3) is 22.4 Å². The lowest BCUT2D eigenvalue weighted by molar-refractivity contribution is 0.0699. The van der Waals surface area contributed by atoms with Gasteiger partial charge in [-0.3, -0.25) is 9.59 Å². The Morgan fingerprint density at radius 1 is 0.944 bits per heavy atom. The second-order valence-corrected chi connectivity index (χ2v) is 9.80. The molecule has 0 unspecified atom stereocenters. The van der Waals surface area contributed by atoms with Crippen molar-refractivity contribution in [1.29, 1.82) is 0 Å². The highest BCUT2D eigenvalue weighted by atomic mass is 16.5. The fourth-order valence-corrected chi connectivity index (χ4v) is 5.01. The van der Waals surface area contributed by atoms with E-state index < -0.39 is 0 Å². The number of carbonyl (C=O) groups excluding carboxylic acids is 2. The van der Waals surface area contributed by atoms with E-state index in [4.69, 9.17) is 9.51 Å². The zero-order chi connectivity index (χ0) is 24.6. The summed E-state index contributed by atoms with van der Waals surface area (Å²) >= 11 is 0. The summed E-state index contributed by atoms with van der Waals surface area (Å²) in [5.74, 6) is 0.293. The van der Waals surface area contributed by atoms with E-state index in [1.165, 1.54) is 0 Å². The third kappa shape index (κ3) is 4.26. The third-order valence-corrected chi connectivity index (χ3v) is 7.25. The smallest absolute Gasteiger partial charge is 0.259 e. The number of pyridine rings is 1. The number of rotatable bonds is 5. The number of piperidine rings is 1. The number of benzene rings is 2. The van der Waals surface area contributed by atoms with E-state index in [9.17, 15) is 9.59 Å². The van der Waals surface area contributed by atoms with Crippen molar-refractivity contribution in [2.24, 2.45) is 0 Å². The number of fused-ring (bicyclic) bond motifs is 1. The first-order chi connectivity index (χ1) is 17.6. The van der Waals surface area contributed by atoms with E-state index in [1.807, 2.05) is 72.5 Å². The molecule has 0 atom stereocenters. The van der Waals surface area contributed by atoms with Crippen molar-refractivity contribution < 1.29 is 14.1 Å². The summed E-state index contributed by atoms with van der Waals surface area (Å²) in [6, 6.07) is 19.3. The largest absolute Gasteiger partial charge is 0.349 e. The first kappa shape index (κ1) is 22.5. The van der Waals surface area contributed by atoms with Crippen molar-refractivity contribution >= 4 is 22.9 Å². The van der Waals surface area contributed by atoms with Gasteiger partial charge in [-0.25, -0.2) is 4.98 Å². The Morgan fingerprint density at radius 3 is 2.39 bits per heavy atom. The molecule has 2 amide bonds. The molecule has 2 aliphatic rings. The Hall–Kier alpha value is -4.00. The van der Waals surface area contributed by atoms with Crippen molar-refractivity contribution in [2.75, 3.05) is 13.1 Å². The second kappa shape index (κ2) is 9.22. The lowest BCUT2D eigenvalue weighted by Gasteiger charge is -2.32. The zero-order valence-corrected chi connectivity index (χ0v) is 20.2. The Morgan fingerprint density at radius 2 is 1.67 bits per heavy atom. The first-order valence-corrected chi connectivity index (χ1v) is 12.6. The van der Waals surface area contributed by atoms with Crippen molar-refractivity contribution in [2.45, 2.75) is 44.6 Å². The molecule has 1 saturated heterocycles. The van der Waals surface area contributed by atoms with Gasteiger partial charge in [0.05, 0.1) is 10.9 Å². The van der Waals surface area contributed by atoms with Crippen LogP contribution in [-0.4, -0.2) is 46.0 Å². The molecule has 0 spiro atoms. The maximum atomic E-state index is 13.8. The lowest BCUT2D eigenvalue weighted by Crippen LogP contribution is -2.46. The van der Waals surface area contributed by atoms with Crippen LogP contribution in [0.3, 0.4) is 0 Å². The number of hydrogen-bond donors (Lipinski definition) is 1. The van der Waals surface area contributed by atoms with Crippen LogP contribution in [-0.2, 0) is 0 Å². The van der Waals surface area contributed by atoms with E-state index >= 15 is 0 Å². The molecule has 0 bridgehead atoms. The lowest BCUT2D eigenvalue weighted by atomic mass is 10.00. The molecule has 7 heteroatoms. The van der Waals surface area contributed by atoms with Gasteiger partial charge in [-0.2, -0.15) is 0 Å². The van der Waals surface area contributed by atoms with Crippen molar-refractivity contribution in [1.82, 2.24) is 20.4 Å². The van der Waals surface area contributed by atoms with Gasteiger partial charge in [-0.05, 0) is 50.3 Å². The Kier molecular flexibility index (Phi) is 5.76. The molecule has 3 heterocycles. The second-order valence-electron chi connectivity index (χ2n) is 9.80. The predicted octanol–water partition coefficient (Wildman–Crippen LogP) is 5.11. The number of aromatic nitrogens is 2. The van der Waals surface area contributed by atoms with Crippen LogP contribution in [0, 0.1) is 6.92 Å². The quantitative estimate of drug-likeness (QED) is 0.429. The molecule has 1 saturated carbocycles. The van der Waals surface area contributed by atoms with E-state index in [0.29, 0.717) is 59.8 Å². The highest BCUT2D eigenvalue weighted by Gasteiger charge is 2.32. The number of nitrogens with zero attached hydrogens (tertiary/aromatic N) is 3. The minimum absolute atomic E-state index is 0.0339. The molecule has 1 aliphatic heterocycles. The summed E-state index contributed by atoms with van der Waals surface area (Å²) in [5, 5.41) is 8.12. The van der Waals surface area contributed by atoms with E-state index in [0.717, 1.165) is 29.7 Å². The Bertz CT molecular complexity index is 1430. The number of nitrogens with one attached hydrogen (secondary N) is 1. The summed E-state index contributed by atoms with van der Waals surface area (Å²) in [6.07, 6.45) is 3.58. The van der Waals surface area contributed by atoms with Gasteiger partial charge < -0.3 is 14.7 Å². The van der Waals surface area contributed by atoms with Crippen molar-refractivity contribution in [3.05, 3.63) is 83.0 Å². The summed E-state index contributed by atoms with van der Waals surface area (Å²) in [6.45, 7) is 3.09. The molecule has 0 radical (unpaired) electrons. The maximum absolute atomic E-state index is 13.8. The van der Waals surface area contributed by atoms with Gasteiger partial charge in [0.25, 0.3) is 17.5 Å². The SMILES string of the molecule is Cc1ccccc1C(=O)NC1CCN(C(=O)c2cc(C3CC3)nc3onc(-c4ccccc4)c23)CC1. The van der Waals surface area contributed by atoms with E-state index in [2.05, 4.69) is 10.5 Å². The van der Waals surface area contributed by atoms with Gasteiger partial charge in [0.1, 0.15) is 5.69 Å². The van der Waals surface area contributed by atoms with Crippen LogP contribution < -0.4 is 5.32 Å². The summed E-state index contributed by atoms with van der Waals surface area (Å²) in [4.78, 5) is 33.2. The number of hydrogen-bond acceptors (Lipinski definition) is 5. The van der Waals surface area contributed by atoms with E-state index in [-0.39, 0.29) is 17.9 Å². The van der Waals surface area contributed by atoms with Gasteiger partial charge in [0.2, 0.25) is 0 Å².